The maximum Gasteiger partial charge on any atom is 0.232 e. The Hall–Kier alpha value is -7.88. The van der Waals surface area contributed by atoms with Crippen molar-refractivity contribution >= 4 is 86.8 Å². The molecule has 7 aromatic rings. The summed E-state index contributed by atoms with van der Waals surface area (Å²) >= 11 is 8.61. The highest BCUT2D eigenvalue weighted by molar-refractivity contribution is 8.14. The number of Topliss-reactive ketones (excluding diaryl/α,β-unsaturated/α-hetero) is 1. The molecule has 454 valence electrons. The molecule has 0 bridgehead atoms. The number of ether oxygens (including phenoxy) is 3. The van der Waals surface area contributed by atoms with Gasteiger partial charge in [-0.05, 0) is 61.4 Å². The average molecular weight is 1250 g/mol. The van der Waals surface area contributed by atoms with E-state index >= 15 is 17.6 Å². The summed E-state index contributed by atoms with van der Waals surface area (Å²) in [5.41, 5.74) is 5.82. The molecule has 4 aliphatic rings. The number of hydrogen-bond donors (Lipinski definition) is 2. The number of anilines is 2. The number of rotatable bonds is 17. The molecular formula is C60H58ClF6N13O5S2. The van der Waals surface area contributed by atoms with Crippen LogP contribution >= 0.6 is 35.1 Å². The summed E-state index contributed by atoms with van der Waals surface area (Å²) in [5.74, 6) is -1.91. The molecule has 0 aliphatic carbocycles. The number of aliphatic hydroxyl groups is 1. The fourth-order valence-electron chi connectivity index (χ4n) is 10.3. The topological polar surface area (TPSA) is 225 Å². The van der Waals surface area contributed by atoms with Crippen LogP contribution in [0.25, 0.3) is 23.8 Å². The second-order valence-corrected chi connectivity index (χ2v) is 23.1. The van der Waals surface area contributed by atoms with Gasteiger partial charge in [0, 0.05) is 67.3 Å². The molecule has 4 aliphatic heterocycles. The molecule has 87 heavy (non-hydrogen) atoms. The summed E-state index contributed by atoms with van der Waals surface area (Å²) in [6.07, 6.45) is 11.3. The van der Waals surface area contributed by atoms with Gasteiger partial charge in [0.15, 0.2) is 34.2 Å². The van der Waals surface area contributed by atoms with Gasteiger partial charge in [-0.1, -0.05) is 65.8 Å². The zero-order valence-corrected chi connectivity index (χ0v) is 49.7. The minimum atomic E-state index is -1.13. The van der Waals surface area contributed by atoms with E-state index < -0.39 is 46.0 Å². The van der Waals surface area contributed by atoms with Crippen LogP contribution in [0.1, 0.15) is 64.3 Å². The molecule has 2 fully saturated rings. The van der Waals surface area contributed by atoms with Crippen LogP contribution in [-0.4, -0.2) is 138 Å². The Labute approximate surface area is 510 Å². The van der Waals surface area contributed by atoms with E-state index in [1.54, 1.807) is 57.5 Å². The predicted molar refractivity (Wildman–Crippen MR) is 323 cm³/mol. The zero-order valence-electron chi connectivity index (χ0n) is 47.3. The lowest BCUT2D eigenvalue weighted by Crippen LogP contribution is -2.40. The van der Waals surface area contributed by atoms with Crippen molar-refractivity contribution in [1.29, 1.82) is 0 Å². The van der Waals surface area contributed by atoms with Gasteiger partial charge in [0.25, 0.3) is 0 Å². The number of halogens is 7. The summed E-state index contributed by atoms with van der Waals surface area (Å²) in [7, 11) is 3.12. The lowest BCUT2D eigenvalue weighted by molar-refractivity contribution is 0.0765. The normalized spacial score (nSPS) is 20.6. The van der Waals surface area contributed by atoms with Crippen molar-refractivity contribution in [1.82, 2.24) is 39.9 Å². The molecule has 11 rings (SSSR count). The van der Waals surface area contributed by atoms with Gasteiger partial charge in [0.05, 0.1) is 93.4 Å². The summed E-state index contributed by atoms with van der Waals surface area (Å²) in [5, 5.41) is 9.46. The molecule has 3 aromatic carbocycles. The third-order valence-corrected chi connectivity index (χ3v) is 16.5. The third-order valence-electron chi connectivity index (χ3n) is 14.2. The molecule has 4 aromatic heterocycles. The lowest BCUT2D eigenvalue weighted by Gasteiger charge is -2.36. The van der Waals surface area contributed by atoms with Gasteiger partial charge in [-0.2, -0.15) is 0 Å². The van der Waals surface area contributed by atoms with Gasteiger partial charge in [-0.15, -0.1) is 11.8 Å². The van der Waals surface area contributed by atoms with E-state index in [0.717, 1.165) is 24.8 Å². The quantitative estimate of drug-likeness (QED) is 0.0639. The van der Waals surface area contributed by atoms with E-state index in [0.29, 0.717) is 70.7 Å². The van der Waals surface area contributed by atoms with E-state index in [9.17, 15) is 13.6 Å². The van der Waals surface area contributed by atoms with Gasteiger partial charge in [0.2, 0.25) is 17.8 Å². The van der Waals surface area contributed by atoms with Crippen LogP contribution < -0.4 is 20.3 Å². The van der Waals surface area contributed by atoms with Crippen LogP contribution in [0.3, 0.4) is 0 Å². The molecule has 6 atom stereocenters. The zero-order chi connectivity index (χ0) is 61.8. The molecule has 0 radical (unpaired) electrons. The second-order valence-electron chi connectivity index (χ2n) is 20.6. The summed E-state index contributed by atoms with van der Waals surface area (Å²) in [6, 6.07) is 17.5. The molecule has 0 spiro atoms. The summed E-state index contributed by atoms with van der Waals surface area (Å²) in [6.45, 7) is 5.61. The minimum Gasteiger partial charge on any atom is -0.471 e. The standard InChI is InChI=1S/C30H22ClF3N6OS.C26H26F3N7O2S.C4H10O2/c31-27-14-35-25(13-36-27)24(34)9-18-6-7-23(33)22(8-18)30-17-40(29-37-11-21(32)12-38-29)15-20(30)16-42-28(39-30)10-26(41)19-4-2-1-3-5-19;1-15(12-37-2)38-23-10-31-22(9-32-23)21(29)6-16-3-4-20(28)19(5-16)26-14-36(25-33-7-18(27)8-34-25)11-17(26)13-39-24(30)35-26;1-4(5)3-6-2/h1-9,11-14,20H,10,15-17H2;3-10,15,17H,11-14H2,1-2H3,(H2,30,35);4-5H,3H2,1-2H3/b24-9-;21-6-;/t20-,30-;15-,17-,26-;4-/m000/s1. The molecule has 8 heterocycles. The Morgan fingerprint density at radius 1 is 0.690 bits per heavy atom. The van der Waals surface area contributed by atoms with Crippen molar-refractivity contribution in [3.05, 3.63) is 184 Å². The second kappa shape index (κ2) is 28.8. The first kappa shape index (κ1) is 63.6. The van der Waals surface area contributed by atoms with Crippen molar-refractivity contribution in [2.45, 2.75) is 43.6 Å². The van der Waals surface area contributed by atoms with E-state index in [-0.39, 0.29) is 88.8 Å². The van der Waals surface area contributed by atoms with Crippen molar-refractivity contribution in [2.75, 3.05) is 74.9 Å². The first-order chi connectivity index (χ1) is 41.8. The number of methoxy groups -OCH3 is 2. The molecule has 0 amide bonds. The number of benzene rings is 3. The van der Waals surface area contributed by atoms with Crippen LogP contribution in [0.5, 0.6) is 5.88 Å². The fourth-order valence-corrected chi connectivity index (χ4v) is 12.6. The lowest BCUT2D eigenvalue weighted by atomic mass is 9.80. The average Bonchev–Trinajstić information content (AvgIpc) is 1.68. The van der Waals surface area contributed by atoms with Crippen molar-refractivity contribution in [3.8, 4) is 5.88 Å². The fraction of sp³-hybridized carbons (Fsp3) is 0.317. The summed E-state index contributed by atoms with van der Waals surface area (Å²) < 4.78 is 103. The molecular weight excluding hydrogens is 1200 g/mol. The number of carbonyl (C=O) groups is 1. The highest BCUT2D eigenvalue weighted by Gasteiger charge is 2.53. The molecule has 3 N–H and O–H groups in total. The Balaban J connectivity index is 0.000000190. The van der Waals surface area contributed by atoms with Crippen LogP contribution in [0.2, 0.25) is 5.15 Å². The first-order valence-electron chi connectivity index (χ1n) is 27.1. The SMILES string of the molecule is COC[C@H](C)O.COC[C@H](C)Oc1cnc(/C(F)=C/c2ccc(F)c([C@]34CN(c5ncc(F)cn5)C[C@H]3CSC(N)=N4)c2)cn1.O=C(CC1=N[C@@]2(c3cc(/C=C(\F)c4cnc(Cl)cn4)ccc3F)CN(c3ncc(F)cn3)C[C@H]2CS1)c1ccccc1. The maximum absolute atomic E-state index is 15.7. The van der Waals surface area contributed by atoms with E-state index in [1.807, 2.05) is 22.8 Å². The van der Waals surface area contributed by atoms with Crippen LogP contribution in [0.4, 0.5) is 38.2 Å². The van der Waals surface area contributed by atoms with E-state index in [2.05, 4.69) is 44.6 Å². The maximum atomic E-state index is 15.7. The Bertz CT molecular complexity index is 3640. The largest absolute Gasteiger partial charge is 0.471 e. The van der Waals surface area contributed by atoms with Gasteiger partial charge < -0.3 is 34.9 Å². The van der Waals surface area contributed by atoms with Gasteiger partial charge in [0.1, 0.15) is 45.4 Å². The number of carbonyl (C=O) groups excluding carboxylic acids is 1. The first-order valence-corrected chi connectivity index (χ1v) is 29.4. The Kier molecular flexibility index (Phi) is 21.0. The van der Waals surface area contributed by atoms with Gasteiger partial charge >= 0.3 is 0 Å². The van der Waals surface area contributed by atoms with E-state index in [1.165, 1.54) is 84.7 Å². The number of aliphatic imine (C=N–C) groups is 2. The summed E-state index contributed by atoms with van der Waals surface area (Å²) in [4.78, 5) is 58.9. The number of thioether (sulfide) groups is 2. The number of aromatic nitrogens is 8. The number of aliphatic hydroxyl groups excluding tert-OH is 1. The van der Waals surface area contributed by atoms with Crippen LogP contribution in [0.15, 0.2) is 126 Å². The van der Waals surface area contributed by atoms with Crippen molar-refractivity contribution < 1.29 is 50.5 Å². The third kappa shape index (κ3) is 15.6. The van der Waals surface area contributed by atoms with Gasteiger partial charge in [-0.3, -0.25) is 9.79 Å². The van der Waals surface area contributed by atoms with Crippen LogP contribution in [0, 0.1) is 35.1 Å². The minimum absolute atomic E-state index is 0.000455. The Morgan fingerprint density at radius 2 is 1.21 bits per heavy atom. The number of ketones is 1. The highest BCUT2D eigenvalue weighted by atomic mass is 35.5. The number of fused-ring (bicyclic) bond motifs is 2. The molecule has 18 nitrogen and oxygen atoms in total. The molecule has 0 saturated carbocycles. The van der Waals surface area contributed by atoms with Crippen molar-refractivity contribution in [3.63, 3.8) is 0 Å². The van der Waals surface area contributed by atoms with E-state index in [4.69, 9.17) is 41.9 Å². The number of amidine groups is 1. The number of hydrogen-bond acceptors (Lipinski definition) is 20. The predicted octanol–water partition coefficient (Wildman–Crippen LogP) is 10.2. The monoisotopic (exact) mass is 1250 g/mol. The smallest absolute Gasteiger partial charge is 0.232 e. The molecule has 0 unspecified atom stereocenters. The van der Waals surface area contributed by atoms with Gasteiger partial charge in [-0.25, -0.2) is 71.2 Å². The van der Waals surface area contributed by atoms with Crippen molar-refractivity contribution in [2.24, 2.45) is 27.6 Å². The molecule has 2 saturated heterocycles. The molecule has 27 heteroatoms. The Morgan fingerprint density at radius 3 is 1.69 bits per heavy atom. The number of nitrogens with two attached hydrogens (primary N) is 1. The highest BCUT2D eigenvalue weighted by Crippen LogP contribution is 2.49. The van der Waals surface area contributed by atoms with Crippen LogP contribution in [-0.2, 0) is 20.6 Å². The number of nitrogens with zero attached hydrogens (tertiary/aromatic N) is 12.